The van der Waals surface area contributed by atoms with E-state index in [2.05, 4.69) is 135 Å². The fourth-order valence-electron chi connectivity index (χ4n) is 7.23. The molecule has 1 aliphatic rings. The van der Waals surface area contributed by atoms with Gasteiger partial charge in [-0.2, -0.15) is 0 Å². The fourth-order valence-corrected chi connectivity index (χ4v) is 8.20. The van der Waals surface area contributed by atoms with Crippen molar-refractivity contribution in [3.05, 3.63) is 122 Å². The van der Waals surface area contributed by atoms with E-state index in [9.17, 15) is 39.8 Å². The van der Waals surface area contributed by atoms with Crippen molar-refractivity contribution in [1.82, 2.24) is 0 Å². The van der Waals surface area contributed by atoms with Gasteiger partial charge in [-0.1, -0.05) is 180 Å². The number of aliphatic hydroxyl groups excluding tert-OH is 5. The minimum absolute atomic E-state index is 0.112. The first-order chi connectivity index (χ1) is 34.0. The van der Waals surface area contributed by atoms with Gasteiger partial charge in [0.25, 0.3) is 0 Å². The number of phosphoric ester groups is 1. The van der Waals surface area contributed by atoms with Gasteiger partial charge in [0.1, 0.15) is 42.7 Å². The molecule has 0 radical (unpaired) electrons. The van der Waals surface area contributed by atoms with E-state index in [1.807, 2.05) is 0 Å². The lowest BCUT2D eigenvalue weighted by molar-refractivity contribution is -0.220. The van der Waals surface area contributed by atoms with Crippen LogP contribution in [0.1, 0.15) is 168 Å². The summed E-state index contributed by atoms with van der Waals surface area (Å²) < 4.78 is 34.3. The first-order valence-corrected chi connectivity index (χ1v) is 27.9. The van der Waals surface area contributed by atoms with Crippen molar-refractivity contribution in [2.75, 3.05) is 19.8 Å². The standard InChI is InChI=1S/C57H93O12P/c1-3-5-7-9-11-13-15-17-19-21-23-25-27-29-31-33-35-37-39-41-43-45-47-66-48-50(49-67-70(64,65)69-57-55(62)53(60)52(59)54(61)56(57)63)68-51(58)46-44-42-40-38-36-34-32-30-28-26-24-22-20-18-16-14-12-10-8-6-4-2/h5-8,11-14,17-20,23-26,29,31,35,37,50,52-57,59-63H,3-4,9-10,15-16,21-22,27-28,30,32-34,36,38-49H2,1-2H3,(H,64,65)/b7-5-,8-6-,13-11-,14-12-,19-17-,20-18-,25-23-,26-24-,31-29-,37-35-. The summed E-state index contributed by atoms with van der Waals surface area (Å²) in [7, 11) is -5.05. The van der Waals surface area contributed by atoms with Crippen molar-refractivity contribution in [3.8, 4) is 0 Å². The van der Waals surface area contributed by atoms with Gasteiger partial charge >= 0.3 is 13.8 Å². The third-order valence-electron chi connectivity index (χ3n) is 11.3. The predicted octanol–water partition coefficient (Wildman–Crippen LogP) is 12.2. The second-order valence-electron chi connectivity index (χ2n) is 17.6. The molecule has 0 amide bonds. The molecule has 12 nitrogen and oxygen atoms in total. The molecule has 6 atom stereocenters. The zero-order valence-electron chi connectivity index (χ0n) is 42.8. The van der Waals surface area contributed by atoms with Crippen LogP contribution in [0.4, 0.5) is 0 Å². The van der Waals surface area contributed by atoms with Crippen LogP contribution in [0.15, 0.2) is 122 Å². The molecule has 0 spiro atoms. The molecule has 0 heterocycles. The minimum atomic E-state index is -5.05. The number of hydrogen-bond acceptors (Lipinski definition) is 11. The van der Waals surface area contributed by atoms with Crippen molar-refractivity contribution >= 4 is 13.8 Å². The Hall–Kier alpha value is -3.26. The average molecular weight is 1000 g/mol. The first kappa shape index (κ1) is 64.8. The molecule has 0 aromatic heterocycles. The Morgan fingerprint density at radius 2 is 0.800 bits per heavy atom. The van der Waals surface area contributed by atoms with E-state index in [-0.39, 0.29) is 13.0 Å². The highest BCUT2D eigenvalue weighted by Crippen LogP contribution is 2.47. The topological polar surface area (TPSA) is 192 Å². The van der Waals surface area contributed by atoms with Gasteiger partial charge in [0.05, 0.1) is 13.2 Å². The van der Waals surface area contributed by atoms with Gasteiger partial charge in [-0.25, -0.2) is 4.57 Å². The predicted molar refractivity (Wildman–Crippen MR) is 285 cm³/mol. The molecule has 1 aliphatic carbocycles. The summed E-state index contributed by atoms with van der Waals surface area (Å²) in [5.74, 6) is -0.503. The highest BCUT2D eigenvalue weighted by atomic mass is 31.2. The largest absolute Gasteiger partial charge is 0.472 e. The highest BCUT2D eigenvalue weighted by molar-refractivity contribution is 7.47. The maximum atomic E-state index is 12.9. The lowest BCUT2D eigenvalue weighted by Gasteiger charge is -2.41. The van der Waals surface area contributed by atoms with E-state index < -0.39 is 63.1 Å². The van der Waals surface area contributed by atoms with Crippen LogP contribution in [0, 0.1) is 0 Å². The van der Waals surface area contributed by atoms with Gasteiger partial charge in [-0.05, 0) is 103 Å². The normalized spacial score (nSPS) is 21.9. The number of unbranched alkanes of at least 4 members (excludes halogenated alkanes) is 11. The Kier molecular flexibility index (Phi) is 42.2. The Balaban J connectivity index is 2.39. The summed E-state index contributed by atoms with van der Waals surface area (Å²) in [4.78, 5) is 23.3. The van der Waals surface area contributed by atoms with Crippen LogP contribution < -0.4 is 0 Å². The molecule has 1 rings (SSSR count). The molecule has 6 N–H and O–H groups in total. The Bertz CT molecular complexity index is 1610. The van der Waals surface area contributed by atoms with Crippen LogP contribution in [0.2, 0.25) is 0 Å². The fraction of sp³-hybridized carbons (Fsp3) is 0.632. The molecule has 1 saturated carbocycles. The lowest BCUT2D eigenvalue weighted by Crippen LogP contribution is -2.64. The van der Waals surface area contributed by atoms with Crippen molar-refractivity contribution in [2.24, 2.45) is 0 Å². The Morgan fingerprint density at radius 3 is 1.21 bits per heavy atom. The smallest absolute Gasteiger partial charge is 0.457 e. The average Bonchev–Trinajstić information content (AvgIpc) is 3.35. The molecule has 398 valence electrons. The second-order valence-corrected chi connectivity index (χ2v) is 19.0. The molecule has 6 unspecified atom stereocenters. The van der Waals surface area contributed by atoms with Gasteiger partial charge in [0.15, 0.2) is 0 Å². The SMILES string of the molecule is CC/C=C\C/C=C\C/C=C\C/C=C\C/C=C\C/C=C\CCCCCOCC(COP(=O)(O)OC1C(O)C(O)C(O)C(O)C1O)OC(=O)CCCCCCCCCC/C=C\C/C=C\C/C=C\C/C=C\CC. The van der Waals surface area contributed by atoms with Gasteiger partial charge in [0.2, 0.25) is 0 Å². The number of carbonyl (C=O) groups excluding carboxylic acids is 1. The van der Waals surface area contributed by atoms with E-state index in [4.69, 9.17) is 18.5 Å². The second kappa shape index (κ2) is 45.6. The van der Waals surface area contributed by atoms with Crippen LogP contribution in [0.3, 0.4) is 0 Å². The molecule has 13 heteroatoms. The third-order valence-corrected chi connectivity index (χ3v) is 12.3. The van der Waals surface area contributed by atoms with Crippen molar-refractivity contribution in [3.63, 3.8) is 0 Å². The molecule has 0 aromatic rings. The zero-order chi connectivity index (χ0) is 51.2. The number of carbonyl (C=O) groups is 1. The summed E-state index contributed by atoms with van der Waals surface area (Å²) in [6, 6.07) is 0. The third kappa shape index (κ3) is 36.6. The molecule has 70 heavy (non-hydrogen) atoms. The van der Waals surface area contributed by atoms with Crippen molar-refractivity contribution in [1.29, 1.82) is 0 Å². The number of aliphatic hydroxyl groups is 5. The van der Waals surface area contributed by atoms with E-state index in [1.54, 1.807) is 0 Å². The molecule has 0 saturated heterocycles. The molecular formula is C57H93O12P. The van der Waals surface area contributed by atoms with E-state index in [0.29, 0.717) is 13.0 Å². The highest BCUT2D eigenvalue weighted by Gasteiger charge is 2.51. The number of allylic oxidation sites excluding steroid dienone is 20. The molecular weight excluding hydrogens is 908 g/mol. The minimum Gasteiger partial charge on any atom is -0.457 e. The maximum absolute atomic E-state index is 12.9. The maximum Gasteiger partial charge on any atom is 0.472 e. The molecule has 0 aliphatic heterocycles. The number of phosphoric acid groups is 1. The quantitative estimate of drug-likeness (QED) is 0.0147. The molecule has 0 bridgehead atoms. The zero-order valence-corrected chi connectivity index (χ0v) is 43.7. The van der Waals surface area contributed by atoms with E-state index in [0.717, 1.165) is 122 Å². The number of esters is 1. The molecule has 0 aromatic carbocycles. The van der Waals surface area contributed by atoms with Gasteiger partial charge in [-0.15, -0.1) is 0 Å². The van der Waals surface area contributed by atoms with Crippen LogP contribution >= 0.6 is 7.82 Å². The van der Waals surface area contributed by atoms with Gasteiger partial charge < -0.3 is 39.9 Å². The Labute approximate surface area is 422 Å². The van der Waals surface area contributed by atoms with Crippen molar-refractivity contribution < 1.29 is 58.3 Å². The number of ether oxygens (including phenoxy) is 2. The number of rotatable bonds is 43. The van der Waals surface area contributed by atoms with E-state index >= 15 is 0 Å². The summed E-state index contributed by atoms with van der Waals surface area (Å²) >= 11 is 0. The molecule has 1 fully saturated rings. The van der Waals surface area contributed by atoms with Crippen LogP contribution in [-0.4, -0.2) is 98.9 Å². The first-order valence-electron chi connectivity index (χ1n) is 26.4. The van der Waals surface area contributed by atoms with E-state index in [1.165, 1.54) is 19.3 Å². The summed E-state index contributed by atoms with van der Waals surface area (Å²) in [6.07, 6.45) is 54.0. The lowest BCUT2D eigenvalue weighted by atomic mass is 9.85. The summed E-state index contributed by atoms with van der Waals surface area (Å²) in [5, 5.41) is 50.4. The van der Waals surface area contributed by atoms with Gasteiger partial charge in [0, 0.05) is 13.0 Å². The number of hydrogen-bond donors (Lipinski definition) is 6. The van der Waals surface area contributed by atoms with Crippen LogP contribution in [-0.2, 0) is 27.9 Å². The van der Waals surface area contributed by atoms with Crippen LogP contribution in [0.5, 0.6) is 0 Å². The summed E-state index contributed by atoms with van der Waals surface area (Å²) in [6.45, 7) is 3.94. The summed E-state index contributed by atoms with van der Waals surface area (Å²) in [5.41, 5.74) is 0. The van der Waals surface area contributed by atoms with Crippen molar-refractivity contribution in [2.45, 2.75) is 211 Å². The van der Waals surface area contributed by atoms with Gasteiger partial charge in [-0.3, -0.25) is 13.8 Å². The Morgan fingerprint density at radius 1 is 0.457 bits per heavy atom. The monoisotopic (exact) mass is 1000 g/mol. The van der Waals surface area contributed by atoms with Crippen LogP contribution in [0.25, 0.3) is 0 Å².